The fourth-order valence-electron chi connectivity index (χ4n) is 3.80. The number of benzene rings is 1. The number of imidazole rings is 1. The minimum absolute atomic E-state index is 0.0685. The molecule has 0 saturated heterocycles. The van der Waals surface area contributed by atoms with Gasteiger partial charge in [0.25, 0.3) is 0 Å². The van der Waals surface area contributed by atoms with Crippen LogP contribution in [0.1, 0.15) is 56.6 Å². The molecule has 146 valence electrons. The van der Waals surface area contributed by atoms with Crippen molar-refractivity contribution in [2.45, 2.75) is 52.5 Å². The molecule has 2 aromatic rings. The van der Waals surface area contributed by atoms with Gasteiger partial charge in [0.05, 0.1) is 7.11 Å². The Balaban J connectivity index is 1.96. The van der Waals surface area contributed by atoms with Gasteiger partial charge in [0.15, 0.2) is 0 Å². The predicted octanol–water partition coefficient (Wildman–Crippen LogP) is 3.77. The van der Waals surface area contributed by atoms with E-state index in [0.717, 1.165) is 35.8 Å². The predicted molar refractivity (Wildman–Crippen MR) is 107 cm³/mol. The molecule has 2 heterocycles. The SMILES string of the molecule is COc1ccccc1[C@@H](CC(=O)NCC(C)C)c1cnc2n1C[C@@H](C)CC2. The van der Waals surface area contributed by atoms with Crippen LogP contribution < -0.4 is 10.1 Å². The van der Waals surface area contributed by atoms with Gasteiger partial charge in [-0.05, 0) is 24.3 Å². The first kappa shape index (κ1) is 19.5. The van der Waals surface area contributed by atoms with Crippen molar-refractivity contribution in [1.82, 2.24) is 14.9 Å². The van der Waals surface area contributed by atoms with Crippen LogP contribution in [0.2, 0.25) is 0 Å². The summed E-state index contributed by atoms with van der Waals surface area (Å²) in [6.07, 6.45) is 4.52. The number of rotatable bonds is 7. The Morgan fingerprint density at radius 3 is 2.89 bits per heavy atom. The zero-order chi connectivity index (χ0) is 19.4. The largest absolute Gasteiger partial charge is 0.496 e. The molecular weight excluding hydrogens is 338 g/mol. The lowest BCUT2D eigenvalue weighted by Crippen LogP contribution is -2.30. The third-order valence-corrected chi connectivity index (χ3v) is 5.29. The van der Waals surface area contributed by atoms with Gasteiger partial charge in [0, 0.05) is 49.3 Å². The Hall–Kier alpha value is -2.30. The van der Waals surface area contributed by atoms with Crippen LogP contribution in [0.5, 0.6) is 5.75 Å². The van der Waals surface area contributed by atoms with Crippen molar-refractivity contribution in [3.05, 3.63) is 47.5 Å². The highest BCUT2D eigenvalue weighted by Gasteiger charge is 2.28. The monoisotopic (exact) mass is 369 g/mol. The highest BCUT2D eigenvalue weighted by molar-refractivity contribution is 5.77. The van der Waals surface area contributed by atoms with Gasteiger partial charge in [0.1, 0.15) is 11.6 Å². The Kier molecular flexibility index (Phi) is 6.19. The van der Waals surface area contributed by atoms with E-state index in [9.17, 15) is 4.79 Å². The molecule has 0 fully saturated rings. The molecule has 0 unspecified atom stereocenters. The van der Waals surface area contributed by atoms with E-state index in [0.29, 0.717) is 24.8 Å². The van der Waals surface area contributed by atoms with E-state index in [4.69, 9.17) is 4.74 Å². The summed E-state index contributed by atoms with van der Waals surface area (Å²) < 4.78 is 7.93. The molecule has 0 aliphatic carbocycles. The lowest BCUT2D eigenvalue weighted by atomic mass is 9.90. The van der Waals surface area contributed by atoms with E-state index in [1.54, 1.807) is 7.11 Å². The van der Waals surface area contributed by atoms with Crippen molar-refractivity contribution in [1.29, 1.82) is 0 Å². The molecule has 0 bridgehead atoms. The molecule has 3 rings (SSSR count). The summed E-state index contributed by atoms with van der Waals surface area (Å²) in [4.78, 5) is 17.3. The lowest BCUT2D eigenvalue weighted by Gasteiger charge is -2.26. The standard InChI is InChI=1S/C22H31N3O2/c1-15(2)12-24-22(26)11-18(17-7-5-6-8-20(17)27-4)19-13-23-21-10-9-16(3)14-25(19)21/h5-8,13,15-16,18H,9-12,14H2,1-4H3,(H,24,26)/t16-,18+/m0/s1. The van der Waals surface area contributed by atoms with Crippen LogP contribution >= 0.6 is 0 Å². The van der Waals surface area contributed by atoms with Gasteiger partial charge in [0.2, 0.25) is 5.91 Å². The molecule has 0 spiro atoms. The van der Waals surface area contributed by atoms with Gasteiger partial charge in [-0.15, -0.1) is 0 Å². The fraction of sp³-hybridized carbons (Fsp3) is 0.545. The summed E-state index contributed by atoms with van der Waals surface area (Å²) in [5.41, 5.74) is 2.15. The van der Waals surface area contributed by atoms with E-state index < -0.39 is 0 Å². The number of aromatic nitrogens is 2. The van der Waals surface area contributed by atoms with Crippen LogP contribution in [0.25, 0.3) is 0 Å². The summed E-state index contributed by atoms with van der Waals surface area (Å²) in [5, 5.41) is 3.06. The third kappa shape index (κ3) is 4.52. The first-order valence-electron chi connectivity index (χ1n) is 9.93. The van der Waals surface area contributed by atoms with E-state index >= 15 is 0 Å². The smallest absolute Gasteiger partial charge is 0.221 e. The summed E-state index contributed by atoms with van der Waals surface area (Å²) in [6.45, 7) is 8.14. The average molecular weight is 370 g/mol. The minimum Gasteiger partial charge on any atom is -0.496 e. The van der Waals surface area contributed by atoms with Crippen LogP contribution in [0.15, 0.2) is 30.5 Å². The van der Waals surface area contributed by atoms with Crippen LogP contribution in [0, 0.1) is 11.8 Å². The highest BCUT2D eigenvalue weighted by Crippen LogP contribution is 2.36. The van der Waals surface area contributed by atoms with Gasteiger partial charge in [-0.1, -0.05) is 39.0 Å². The number of fused-ring (bicyclic) bond motifs is 1. The molecule has 1 aromatic carbocycles. The Morgan fingerprint density at radius 2 is 2.15 bits per heavy atom. The average Bonchev–Trinajstić information content (AvgIpc) is 3.07. The number of aryl methyl sites for hydroxylation is 1. The molecule has 1 aromatic heterocycles. The van der Waals surface area contributed by atoms with Crippen molar-refractivity contribution >= 4 is 5.91 Å². The maximum absolute atomic E-state index is 12.7. The fourth-order valence-corrected chi connectivity index (χ4v) is 3.80. The summed E-state index contributed by atoms with van der Waals surface area (Å²) in [6, 6.07) is 8.00. The normalized spacial score (nSPS) is 17.4. The third-order valence-electron chi connectivity index (χ3n) is 5.29. The highest BCUT2D eigenvalue weighted by atomic mass is 16.5. The van der Waals surface area contributed by atoms with Crippen molar-refractivity contribution in [3.8, 4) is 5.75 Å². The topological polar surface area (TPSA) is 56.1 Å². The zero-order valence-corrected chi connectivity index (χ0v) is 16.9. The van der Waals surface area contributed by atoms with Gasteiger partial charge >= 0.3 is 0 Å². The Morgan fingerprint density at radius 1 is 1.37 bits per heavy atom. The van der Waals surface area contributed by atoms with E-state index in [1.807, 2.05) is 24.4 Å². The molecular formula is C22H31N3O2. The van der Waals surface area contributed by atoms with Crippen LogP contribution in [0.3, 0.4) is 0 Å². The second kappa shape index (κ2) is 8.59. The van der Waals surface area contributed by atoms with Gasteiger partial charge < -0.3 is 14.6 Å². The number of para-hydroxylation sites is 1. The molecule has 27 heavy (non-hydrogen) atoms. The van der Waals surface area contributed by atoms with Crippen molar-refractivity contribution in [3.63, 3.8) is 0 Å². The molecule has 0 radical (unpaired) electrons. The number of hydrogen-bond acceptors (Lipinski definition) is 3. The van der Waals surface area contributed by atoms with Crippen molar-refractivity contribution < 1.29 is 9.53 Å². The summed E-state index contributed by atoms with van der Waals surface area (Å²) in [7, 11) is 1.68. The molecule has 1 aliphatic heterocycles. The minimum atomic E-state index is -0.0696. The molecule has 5 heteroatoms. The van der Waals surface area contributed by atoms with Gasteiger partial charge in [-0.3, -0.25) is 4.79 Å². The van der Waals surface area contributed by atoms with E-state index in [1.165, 1.54) is 6.42 Å². The number of nitrogens with zero attached hydrogens (tertiary/aromatic N) is 2. The second-order valence-corrected chi connectivity index (χ2v) is 8.05. The number of hydrogen-bond donors (Lipinski definition) is 1. The molecule has 0 saturated carbocycles. The van der Waals surface area contributed by atoms with E-state index in [-0.39, 0.29) is 11.8 Å². The van der Waals surface area contributed by atoms with Gasteiger partial charge in [-0.25, -0.2) is 4.98 Å². The number of amides is 1. The number of carbonyl (C=O) groups excluding carboxylic acids is 1. The molecule has 5 nitrogen and oxygen atoms in total. The molecule has 2 atom stereocenters. The molecule has 1 amide bonds. The van der Waals surface area contributed by atoms with Crippen molar-refractivity contribution in [2.75, 3.05) is 13.7 Å². The molecule has 1 N–H and O–H groups in total. The number of carbonyl (C=O) groups is 1. The number of methoxy groups -OCH3 is 1. The Labute approximate surface area is 162 Å². The maximum Gasteiger partial charge on any atom is 0.221 e. The zero-order valence-electron chi connectivity index (χ0n) is 16.9. The van der Waals surface area contributed by atoms with Crippen LogP contribution in [-0.4, -0.2) is 29.1 Å². The number of ether oxygens (including phenoxy) is 1. The van der Waals surface area contributed by atoms with Gasteiger partial charge in [-0.2, -0.15) is 0 Å². The summed E-state index contributed by atoms with van der Waals surface area (Å²) >= 11 is 0. The number of nitrogens with one attached hydrogen (secondary N) is 1. The van der Waals surface area contributed by atoms with E-state index in [2.05, 4.69) is 41.7 Å². The maximum atomic E-state index is 12.7. The van der Waals surface area contributed by atoms with Crippen molar-refractivity contribution in [2.24, 2.45) is 11.8 Å². The van der Waals surface area contributed by atoms with Crippen LogP contribution in [-0.2, 0) is 17.8 Å². The Bertz CT molecular complexity index is 782. The summed E-state index contributed by atoms with van der Waals surface area (Å²) in [5.74, 6) is 3.00. The van der Waals surface area contributed by atoms with Crippen LogP contribution in [0.4, 0.5) is 0 Å². The quantitative estimate of drug-likeness (QED) is 0.808. The first-order valence-corrected chi connectivity index (χ1v) is 9.93. The first-order chi connectivity index (χ1) is 13.0. The molecule has 1 aliphatic rings. The lowest BCUT2D eigenvalue weighted by molar-refractivity contribution is -0.121. The second-order valence-electron chi connectivity index (χ2n) is 8.05.